The Kier molecular flexibility index (Phi) is 5.27. The summed E-state index contributed by atoms with van der Waals surface area (Å²) in [5.74, 6) is -1.49. The summed E-state index contributed by atoms with van der Waals surface area (Å²) in [6.45, 7) is 0. The van der Waals surface area contributed by atoms with E-state index in [0.29, 0.717) is 5.56 Å². The second kappa shape index (κ2) is 7.20. The zero-order chi connectivity index (χ0) is 17.7. The molecule has 2 aromatic rings. The van der Waals surface area contributed by atoms with Crippen molar-refractivity contribution in [1.82, 2.24) is 0 Å². The van der Waals surface area contributed by atoms with Gasteiger partial charge in [0.15, 0.2) is 11.0 Å². The van der Waals surface area contributed by atoms with E-state index in [1.165, 1.54) is 12.1 Å². The van der Waals surface area contributed by atoms with Crippen LogP contribution in [0.15, 0.2) is 59.5 Å². The molecule has 1 N–H and O–H groups in total. The van der Waals surface area contributed by atoms with E-state index in [0.717, 1.165) is 12.1 Å². The van der Waals surface area contributed by atoms with Crippen LogP contribution in [0.4, 0.5) is 5.69 Å². The molecule has 0 aromatic heterocycles. The predicted octanol–water partition coefficient (Wildman–Crippen LogP) is 2.00. The van der Waals surface area contributed by atoms with E-state index < -0.39 is 37.7 Å². The minimum atomic E-state index is -4.62. The lowest BCUT2D eigenvalue weighted by Crippen LogP contribution is -2.29. The van der Waals surface area contributed by atoms with Crippen molar-refractivity contribution >= 4 is 21.8 Å². The first-order valence-electron chi connectivity index (χ1n) is 6.74. The van der Waals surface area contributed by atoms with Crippen molar-refractivity contribution in [3.63, 3.8) is 0 Å². The number of nitrogens with zero attached hydrogens (tertiary/aromatic N) is 1. The molecule has 24 heavy (non-hydrogen) atoms. The third-order valence-electron chi connectivity index (χ3n) is 3.11. The fraction of sp³-hybridized carbons (Fsp3) is 0.133. The minimum Gasteiger partial charge on any atom is -0.479 e. The fourth-order valence-corrected chi connectivity index (χ4v) is 3.22. The molecule has 0 aliphatic carbocycles. The molecule has 2 aromatic carbocycles. The Morgan fingerprint density at radius 3 is 2.29 bits per heavy atom. The minimum absolute atomic E-state index is 0.198. The summed E-state index contributed by atoms with van der Waals surface area (Å²) in [6, 6.07) is 12.9. The first-order chi connectivity index (χ1) is 11.3. The molecule has 1 atom stereocenters. The predicted molar refractivity (Wildman–Crippen MR) is 82.9 cm³/mol. The third kappa shape index (κ3) is 4.15. The lowest BCUT2D eigenvalue weighted by atomic mass is 10.1. The van der Waals surface area contributed by atoms with Gasteiger partial charge in [-0.2, -0.15) is 8.42 Å². The highest BCUT2D eigenvalue weighted by Gasteiger charge is 2.32. The van der Waals surface area contributed by atoms with Crippen LogP contribution in [-0.2, 0) is 25.5 Å². The average Bonchev–Trinajstić information content (AvgIpc) is 2.55. The topological polar surface area (TPSA) is 124 Å². The molecule has 0 fully saturated rings. The van der Waals surface area contributed by atoms with Crippen molar-refractivity contribution in [2.45, 2.75) is 17.4 Å². The molecule has 2 rings (SSSR count). The maximum atomic E-state index is 12.3. The summed E-state index contributed by atoms with van der Waals surface area (Å²) in [5, 5.41) is 20.1. The van der Waals surface area contributed by atoms with Crippen LogP contribution in [0.3, 0.4) is 0 Å². The normalized spacial score (nSPS) is 12.5. The van der Waals surface area contributed by atoms with Gasteiger partial charge in [-0.05, 0) is 11.6 Å². The monoisotopic (exact) mass is 351 g/mol. The van der Waals surface area contributed by atoms with E-state index in [4.69, 9.17) is 4.18 Å². The molecule has 0 aliphatic rings. The van der Waals surface area contributed by atoms with Crippen LogP contribution in [0.1, 0.15) is 5.56 Å². The van der Waals surface area contributed by atoms with Gasteiger partial charge in [0.1, 0.15) is 0 Å². The summed E-state index contributed by atoms with van der Waals surface area (Å²) in [7, 11) is -4.62. The van der Waals surface area contributed by atoms with Gasteiger partial charge in [0.2, 0.25) is 0 Å². The Bertz CT molecular complexity index is 849. The number of nitro groups is 1. The number of carboxylic acid groups (broad SMARTS) is 1. The maximum absolute atomic E-state index is 12.3. The summed E-state index contributed by atoms with van der Waals surface area (Å²) in [5.41, 5.74) is -0.121. The van der Waals surface area contributed by atoms with E-state index in [-0.39, 0.29) is 6.42 Å². The quantitative estimate of drug-likeness (QED) is 0.459. The van der Waals surface area contributed by atoms with Gasteiger partial charge < -0.3 is 5.11 Å². The second-order valence-corrected chi connectivity index (χ2v) is 6.33. The number of hydrogen-bond donors (Lipinski definition) is 1. The number of benzene rings is 2. The smallest absolute Gasteiger partial charge is 0.334 e. The van der Waals surface area contributed by atoms with Crippen LogP contribution in [0.25, 0.3) is 0 Å². The van der Waals surface area contributed by atoms with E-state index in [9.17, 15) is 28.4 Å². The van der Waals surface area contributed by atoms with Crippen LogP contribution >= 0.6 is 0 Å². The zero-order valence-electron chi connectivity index (χ0n) is 12.2. The first kappa shape index (κ1) is 17.6. The van der Waals surface area contributed by atoms with Crippen LogP contribution in [0.2, 0.25) is 0 Å². The summed E-state index contributed by atoms with van der Waals surface area (Å²) < 4.78 is 29.3. The highest BCUT2D eigenvalue weighted by molar-refractivity contribution is 7.87. The number of carboxylic acids is 1. The zero-order valence-corrected chi connectivity index (χ0v) is 13.0. The van der Waals surface area contributed by atoms with Crippen LogP contribution in [0, 0.1) is 10.1 Å². The number of aliphatic carboxylic acids is 1. The number of nitro benzene ring substituents is 1. The maximum Gasteiger partial charge on any atom is 0.334 e. The molecule has 0 amide bonds. The van der Waals surface area contributed by atoms with Gasteiger partial charge in [-0.25, -0.2) is 4.79 Å². The first-order valence-corrected chi connectivity index (χ1v) is 8.15. The number of hydrogen-bond acceptors (Lipinski definition) is 6. The molecule has 9 heteroatoms. The van der Waals surface area contributed by atoms with Crippen molar-refractivity contribution in [1.29, 1.82) is 0 Å². The SMILES string of the molecule is O=C(O)C(Cc1ccccc1)OS(=O)(=O)c1ccccc1[N+](=O)[O-]. The summed E-state index contributed by atoms with van der Waals surface area (Å²) in [6.07, 6.45) is -1.90. The molecule has 1 unspecified atom stereocenters. The third-order valence-corrected chi connectivity index (χ3v) is 4.48. The summed E-state index contributed by atoms with van der Waals surface area (Å²) >= 11 is 0. The largest absolute Gasteiger partial charge is 0.479 e. The molecule has 0 saturated carbocycles. The molecule has 0 radical (unpaired) electrons. The Hall–Kier alpha value is -2.78. The molecule has 0 aliphatic heterocycles. The Balaban J connectivity index is 2.32. The highest BCUT2D eigenvalue weighted by atomic mass is 32.2. The van der Waals surface area contributed by atoms with Gasteiger partial charge in [-0.3, -0.25) is 14.3 Å². The Morgan fingerprint density at radius 1 is 1.12 bits per heavy atom. The average molecular weight is 351 g/mol. The molecule has 126 valence electrons. The fourth-order valence-electron chi connectivity index (χ4n) is 2.01. The van der Waals surface area contributed by atoms with Crippen molar-refractivity contribution in [2.75, 3.05) is 0 Å². The highest BCUT2D eigenvalue weighted by Crippen LogP contribution is 2.26. The van der Waals surface area contributed by atoms with Crippen LogP contribution < -0.4 is 0 Å². The molecular formula is C15H13NO7S. The molecule has 0 spiro atoms. The van der Waals surface area contributed by atoms with Crippen molar-refractivity contribution in [3.8, 4) is 0 Å². The van der Waals surface area contributed by atoms with E-state index >= 15 is 0 Å². The number of carbonyl (C=O) groups is 1. The van der Waals surface area contributed by atoms with Gasteiger partial charge in [-0.1, -0.05) is 42.5 Å². The molecular weight excluding hydrogens is 338 g/mol. The van der Waals surface area contributed by atoms with Crippen molar-refractivity contribution in [3.05, 3.63) is 70.3 Å². The molecule has 8 nitrogen and oxygen atoms in total. The summed E-state index contributed by atoms with van der Waals surface area (Å²) in [4.78, 5) is 20.7. The van der Waals surface area contributed by atoms with Gasteiger partial charge in [0.25, 0.3) is 5.69 Å². The molecule has 0 bridgehead atoms. The van der Waals surface area contributed by atoms with Crippen LogP contribution in [-0.4, -0.2) is 30.5 Å². The van der Waals surface area contributed by atoms with Gasteiger partial charge in [0.05, 0.1) is 4.92 Å². The van der Waals surface area contributed by atoms with Gasteiger partial charge in [0, 0.05) is 12.5 Å². The van der Waals surface area contributed by atoms with Crippen molar-refractivity contribution in [2.24, 2.45) is 0 Å². The lowest BCUT2D eigenvalue weighted by Gasteiger charge is -2.13. The van der Waals surface area contributed by atoms with E-state index in [1.807, 2.05) is 0 Å². The van der Waals surface area contributed by atoms with E-state index in [2.05, 4.69) is 0 Å². The molecule has 0 saturated heterocycles. The second-order valence-electron chi connectivity index (χ2n) is 4.79. The Labute approximate surface area is 137 Å². The van der Waals surface area contributed by atoms with E-state index in [1.54, 1.807) is 30.3 Å². The lowest BCUT2D eigenvalue weighted by molar-refractivity contribution is -0.387. The van der Waals surface area contributed by atoms with Gasteiger partial charge >= 0.3 is 16.1 Å². The van der Waals surface area contributed by atoms with Crippen molar-refractivity contribution < 1.29 is 27.4 Å². The van der Waals surface area contributed by atoms with Crippen LogP contribution in [0.5, 0.6) is 0 Å². The number of rotatable bonds is 7. The van der Waals surface area contributed by atoms with Gasteiger partial charge in [-0.15, -0.1) is 0 Å². The Morgan fingerprint density at radius 2 is 1.71 bits per heavy atom. The standard InChI is InChI=1S/C15H13NO7S/c17-15(18)13(10-11-6-2-1-3-7-11)23-24(21,22)14-9-5-4-8-12(14)16(19)20/h1-9,13H,10H2,(H,17,18). The molecule has 0 heterocycles. The number of para-hydroxylation sites is 1.